The highest BCUT2D eigenvalue weighted by atomic mass is 32.3. The molecule has 9 heteroatoms. The molecule has 1 aliphatic heterocycles. The molecule has 4 aromatic carbocycles. The Morgan fingerprint density at radius 2 is 1.08 bits per heavy atom. The molecule has 1 aliphatic rings. The van der Waals surface area contributed by atoms with Crippen molar-refractivity contribution in [2.24, 2.45) is 4.99 Å². The SMILES string of the molecule is O=C1OC(c2ccccc2)=NC1(Cc1ccccc1)CC(S(=O)(=O)c1ccccc1)S(=O)(=O)c1ccccc1. The predicted octanol–water partition coefficient (Wildman–Crippen LogP) is 4.64. The van der Waals surface area contributed by atoms with Crippen LogP contribution in [0.1, 0.15) is 17.5 Å². The van der Waals surface area contributed by atoms with E-state index in [1.807, 2.05) is 6.07 Å². The highest BCUT2D eigenvalue weighted by Crippen LogP contribution is 2.38. The molecule has 39 heavy (non-hydrogen) atoms. The Morgan fingerprint density at radius 1 is 0.641 bits per heavy atom. The van der Waals surface area contributed by atoms with Gasteiger partial charge in [0.2, 0.25) is 5.90 Å². The minimum atomic E-state index is -4.50. The lowest BCUT2D eigenvalue weighted by atomic mass is 9.89. The molecule has 1 unspecified atom stereocenters. The Kier molecular flexibility index (Phi) is 7.20. The summed E-state index contributed by atoms with van der Waals surface area (Å²) in [6.07, 6.45) is -0.681. The number of hydrogen-bond donors (Lipinski definition) is 0. The van der Waals surface area contributed by atoms with Crippen molar-refractivity contribution in [3.63, 3.8) is 0 Å². The molecule has 0 amide bonds. The standard InChI is InChI=1S/C30H25NO6S2/c32-29-30(21-23-13-5-1-6-14-23,31-28(37-29)24-15-7-2-8-16-24)22-27(38(33,34)25-17-9-3-10-18-25)39(35,36)26-19-11-4-12-20-26/h1-20,27H,21-22H2. The Morgan fingerprint density at radius 3 is 1.56 bits per heavy atom. The second-order valence-electron chi connectivity index (χ2n) is 9.22. The van der Waals surface area contributed by atoms with E-state index in [0.29, 0.717) is 11.1 Å². The van der Waals surface area contributed by atoms with E-state index in [1.54, 1.807) is 66.7 Å². The Bertz CT molecular complexity index is 1640. The molecule has 7 nitrogen and oxygen atoms in total. The van der Waals surface area contributed by atoms with Crippen molar-refractivity contribution in [2.75, 3.05) is 0 Å². The van der Waals surface area contributed by atoms with E-state index in [4.69, 9.17) is 4.74 Å². The number of nitrogens with zero attached hydrogens (tertiary/aromatic N) is 1. The molecule has 0 spiro atoms. The Hall–Kier alpha value is -4.08. The summed E-state index contributed by atoms with van der Waals surface area (Å²) < 4.78 is 59.6. The summed E-state index contributed by atoms with van der Waals surface area (Å²) in [6, 6.07) is 32.4. The van der Waals surface area contributed by atoms with Crippen LogP contribution in [0.2, 0.25) is 0 Å². The molecule has 0 bridgehead atoms. The van der Waals surface area contributed by atoms with Crippen LogP contribution in [0.5, 0.6) is 0 Å². The lowest BCUT2D eigenvalue weighted by molar-refractivity contribution is -0.139. The van der Waals surface area contributed by atoms with Crippen molar-refractivity contribution in [1.29, 1.82) is 0 Å². The first-order valence-corrected chi connectivity index (χ1v) is 15.3. The van der Waals surface area contributed by atoms with Crippen LogP contribution < -0.4 is 0 Å². The molecule has 0 fully saturated rings. The van der Waals surface area contributed by atoms with E-state index in [2.05, 4.69) is 4.99 Å². The normalized spacial score (nSPS) is 17.6. The second-order valence-corrected chi connectivity index (χ2v) is 13.8. The van der Waals surface area contributed by atoms with Crippen LogP contribution in [0, 0.1) is 0 Å². The third-order valence-corrected chi connectivity index (χ3v) is 11.7. The van der Waals surface area contributed by atoms with Gasteiger partial charge < -0.3 is 4.74 Å². The molecule has 198 valence electrons. The number of carbonyl (C=O) groups excluding carboxylic acids is 1. The number of esters is 1. The van der Waals surface area contributed by atoms with E-state index in [0.717, 1.165) is 0 Å². The van der Waals surface area contributed by atoms with E-state index >= 15 is 0 Å². The summed E-state index contributed by atoms with van der Waals surface area (Å²) in [5, 5.41) is 0. The van der Waals surface area contributed by atoms with Crippen LogP contribution in [0.4, 0.5) is 0 Å². The van der Waals surface area contributed by atoms with Gasteiger partial charge >= 0.3 is 5.97 Å². The van der Waals surface area contributed by atoms with Crippen molar-refractivity contribution in [3.8, 4) is 0 Å². The van der Waals surface area contributed by atoms with E-state index < -0.39 is 42.2 Å². The Balaban J connectivity index is 1.69. The molecule has 1 heterocycles. The minimum Gasteiger partial charge on any atom is -0.405 e. The zero-order valence-corrected chi connectivity index (χ0v) is 22.4. The molecule has 1 atom stereocenters. The molecular formula is C30H25NO6S2. The fourth-order valence-corrected chi connectivity index (χ4v) is 9.25. The summed E-state index contributed by atoms with van der Waals surface area (Å²) in [7, 11) is -8.99. The first-order chi connectivity index (χ1) is 18.7. The fraction of sp³-hybridized carbons (Fsp3) is 0.133. The molecule has 0 N–H and O–H groups in total. The van der Waals surface area contributed by atoms with Gasteiger partial charge in [0.15, 0.2) is 29.8 Å². The average molecular weight is 560 g/mol. The van der Waals surface area contributed by atoms with Crippen molar-refractivity contribution in [2.45, 2.75) is 32.8 Å². The molecule has 0 radical (unpaired) electrons. The number of cyclic esters (lactones) is 1. The van der Waals surface area contributed by atoms with Gasteiger partial charge in [0.25, 0.3) is 0 Å². The molecule has 0 aromatic heterocycles. The number of ether oxygens (including phenoxy) is 1. The van der Waals surface area contributed by atoms with Crippen LogP contribution in [0.25, 0.3) is 0 Å². The zero-order valence-electron chi connectivity index (χ0n) is 20.8. The van der Waals surface area contributed by atoms with Gasteiger partial charge in [-0.25, -0.2) is 26.6 Å². The van der Waals surface area contributed by atoms with Crippen molar-refractivity contribution < 1.29 is 26.4 Å². The van der Waals surface area contributed by atoms with Crippen LogP contribution in [-0.4, -0.2) is 38.8 Å². The van der Waals surface area contributed by atoms with Gasteiger partial charge in [-0.2, -0.15) is 0 Å². The van der Waals surface area contributed by atoms with Crippen LogP contribution >= 0.6 is 0 Å². The van der Waals surface area contributed by atoms with Gasteiger partial charge in [-0.05, 0) is 42.0 Å². The number of rotatable bonds is 9. The Labute approximate surface area is 227 Å². The highest BCUT2D eigenvalue weighted by molar-refractivity contribution is 8.09. The number of aliphatic imine (C=N–C) groups is 1. The van der Waals surface area contributed by atoms with Crippen molar-refractivity contribution in [3.05, 3.63) is 132 Å². The molecule has 5 rings (SSSR count). The topological polar surface area (TPSA) is 107 Å². The molecule has 0 saturated heterocycles. The van der Waals surface area contributed by atoms with Crippen molar-refractivity contribution >= 4 is 31.5 Å². The first kappa shape index (κ1) is 26.5. The number of sulfone groups is 2. The van der Waals surface area contributed by atoms with Gasteiger partial charge in [0.1, 0.15) is 0 Å². The third-order valence-electron chi connectivity index (χ3n) is 6.59. The monoisotopic (exact) mass is 559 g/mol. The summed E-state index contributed by atoms with van der Waals surface area (Å²) in [5.41, 5.74) is -0.601. The lowest BCUT2D eigenvalue weighted by Crippen LogP contribution is -2.45. The van der Waals surface area contributed by atoms with Gasteiger partial charge in [0.05, 0.1) is 9.79 Å². The molecule has 0 saturated carbocycles. The maximum Gasteiger partial charge on any atom is 0.341 e. The van der Waals surface area contributed by atoms with Gasteiger partial charge in [-0.1, -0.05) is 84.9 Å². The van der Waals surface area contributed by atoms with E-state index in [9.17, 15) is 21.6 Å². The quantitative estimate of drug-likeness (QED) is 0.277. The molecule has 0 aliphatic carbocycles. The van der Waals surface area contributed by atoms with Gasteiger partial charge in [-0.15, -0.1) is 0 Å². The highest BCUT2D eigenvalue weighted by Gasteiger charge is 2.53. The number of benzene rings is 4. The summed E-state index contributed by atoms with van der Waals surface area (Å²) in [4.78, 5) is 17.9. The summed E-state index contributed by atoms with van der Waals surface area (Å²) >= 11 is 0. The first-order valence-electron chi connectivity index (χ1n) is 12.2. The summed E-state index contributed by atoms with van der Waals surface area (Å²) in [6.45, 7) is 0. The van der Waals surface area contributed by atoms with Crippen LogP contribution in [0.15, 0.2) is 136 Å². The van der Waals surface area contributed by atoms with Gasteiger partial charge in [0, 0.05) is 18.4 Å². The molecular weight excluding hydrogens is 534 g/mol. The maximum atomic E-state index is 14.0. The lowest BCUT2D eigenvalue weighted by Gasteiger charge is -2.27. The minimum absolute atomic E-state index is 0.0181. The number of carbonyl (C=O) groups is 1. The summed E-state index contributed by atoms with van der Waals surface area (Å²) in [5.74, 6) is -0.786. The third kappa shape index (κ3) is 5.28. The smallest absolute Gasteiger partial charge is 0.341 e. The number of hydrogen-bond acceptors (Lipinski definition) is 7. The second kappa shape index (κ2) is 10.6. The van der Waals surface area contributed by atoms with E-state index in [1.165, 1.54) is 48.5 Å². The predicted molar refractivity (Wildman–Crippen MR) is 148 cm³/mol. The largest absolute Gasteiger partial charge is 0.405 e. The molecule has 4 aromatic rings. The van der Waals surface area contributed by atoms with E-state index in [-0.39, 0.29) is 22.1 Å². The van der Waals surface area contributed by atoms with Crippen LogP contribution in [0.3, 0.4) is 0 Å². The average Bonchev–Trinajstić information content (AvgIpc) is 3.29. The fourth-order valence-electron chi connectivity index (χ4n) is 4.58. The zero-order chi connectivity index (χ0) is 27.5. The van der Waals surface area contributed by atoms with Crippen molar-refractivity contribution in [1.82, 2.24) is 0 Å². The van der Waals surface area contributed by atoms with Crippen LogP contribution in [-0.2, 0) is 35.6 Å². The maximum absolute atomic E-state index is 14.0. The van der Waals surface area contributed by atoms with Gasteiger partial charge in [-0.3, -0.25) is 0 Å².